The molecule has 130 valence electrons. The fourth-order valence-electron chi connectivity index (χ4n) is 4.08. The van der Waals surface area contributed by atoms with E-state index in [0.717, 1.165) is 37.9 Å². The Balaban J connectivity index is 1.53. The summed E-state index contributed by atoms with van der Waals surface area (Å²) >= 11 is 0. The lowest BCUT2D eigenvalue weighted by Gasteiger charge is -2.41. The van der Waals surface area contributed by atoms with Gasteiger partial charge in [-0.2, -0.15) is 13.2 Å². The second-order valence-corrected chi connectivity index (χ2v) is 7.63. The van der Waals surface area contributed by atoms with Crippen molar-refractivity contribution in [3.63, 3.8) is 0 Å². The molecule has 1 aromatic heterocycles. The van der Waals surface area contributed by atoms with Gasteiger partial charge in [0, 0.05) is 12.1 Å². The van der Waals surface area contributed by atoms with Crippen molar-refractivity contribution in [3.8, 4) is 0 Å². The van der Waals surface area contributed by atoms with Crippen LogP contribution >= 0.6 is 0 Å². The van der Waals surface area contributed by atoms with Crippen LogP contribution in [0.2, 0.25) is 0 Å². The first-order chi connectivity index (χ1) is 11.3. The Bertz CT molecular complexity index is 665. The average molecular weight is 339 g/mol. The molecule has 1 heterocycles. The van der Waals surface area contributed by atoms with Gasteiger partial charge in [-0.1, -0.05) is 0 Å². The van der Waals surface area contributed by atoms with Crippen molar-refractivity contribution < 1.29 is 18.0 Å². The highest BCUT2D eigenvalue weighted by Crippen LogP contribution is 2.59. The van der Waals surface area contributed by atoms with Crippen LogP contribution in [0.3, 0.4) is 0 Å². The topological polar surface area (TPSA) is 54.9 Å². The number of carbonyl (C=O) groups is 1. The predicted octanol–water partition coefficient (Wildman–Crippen LogP) is 3.57. The molecule has 1 aromatic rings. The van der Waals surface area contributed by atoms with Gasteiger partial charge in [0.1, 0.15) is 5.69 Å². The Labute approximate surface area is 138 Å². The lowest BCUT2D eigenvalue weighted by atomic mass is 9.75. The first kappa shape index (κ1) is 15.8. The second kappa shape index (κ2) is 5.17. The summed E-state index contributed by atoms with van der Waals surface area (Å²) in [5.41, 5.74) is -1.38. The number of amides is 1. The highest BCUT2D eigenvalue weighted by atomic mass is 19.4. The summed E-state index contributed by atoms with van der Waals surface area (Å²) < 4.78 is 38.7. The van der Waals surface area contributed by atoms with Crippen molar-refractivity contribution in [2.45, 2.75) is 63.1 Å². The number of hydrogen-bond acceptors (Lipinski definition) is 3. The van der Waals surface area contributed by atoms with E-state index in [-0.39, 0.29) is 17.6 Å². The van der Waals surface area contributed by atoms with Crippen molar-refractivity contribution in [2.24, 2.45) is 11.3 Å². The van der Waals surface area contributed by atoms with E-state index in [1.807, 2.05) is 0 Å². The van der Waals surface area contributed by atoms with Gasteiger partial charge >= 0.3 is 6.18 Å². The Hall–Kier alpha value is -1.66. The third kappa shape index (κ3) is 2.67. The van der Waals surface area contributed by atoms with E-state index in [2.05, 4.69) is 15.3 Å². The third-order valence-corrected chi connectivity index (χ3v) is 5.97. The fraction of sp³-hybridized carbons (Fsp3) is 0.706. The summed E-state index contributed by atoms with van der Waals surface area (Å²) in [4.78, 5) is 20.4. The second-order valence-electron chi connectivity index (χ2n) is 7.63. The summed E-state index contributed by atoms with van der Waals surface area (Å²) in [5, 5.41) is 3.00. The van der Waals surface area contributed by atoms with Crippen LogP contribution in [0.15, 0.2) is 12.3 Å². The Morgan fingerprint density at radius 2 is 1.96 bits per heavy atom. The van der Waals surface area contributed by atoms with E-state index < -0.39 is 17.4 Å². The SMILES string of the molecule is O=C(NC1(c2nccc(C(F)(F)F)n2)CCC1)C1CCC2(CC2)C1. The van der Waals surface area contributed by atoms with Crippen LogP contribution in [0.4, 0.5) is 13.2 Å². The third-order valence-electron chi connectivity index (χ3n) is 5.97. The van der Waals surface area contributed by atoms with E-state index in [0.29, 0.717) is 18.3 Å². The number of halogens is 3. The number of nitrogens with zero attached hydrogens (tertiary/aromatic N) is 2. The first-order valence-corrected chi connectivity index (χ1v) is 8.55. The fourth-order valence-corrected chi connectivity index (χ4v) is 4.08. The zero-order valence-corrected chi connectivity index (χ0v) is 13.3. The van der Waals surface area contributed by atoms with Crippen LogP contribution in [0, 0.1) is 11.3 Å². The zero-order chi connectivity index (χ0) is 17.0. The number of rotatable bonds is 3. The van der Waals surface area contributed by atoms with Crippen LogP contribution in [-0.4, -0.2) is 15.9 Å². The number of alkyl halides is 3. The maximum absolute atomic E-state index is 12.9. The summed E-state index contributed by atoms with van der Waals surface area (Å²) in [6.07, 6.45) is 3.98. The molecule has 4 rings (SSSR count). The summed E-state index contributed by atoms with van der Waals surface area (Å²) in [7, 11) is 0. The molecule has 0 saturated heterocycles. The van der Waals surface area contributed by atoms with E-state index >= 15 is 0 Å². The van der Waals surface area contributed by atoms with Gasteiger partial charge in [0.05, 0.1) is 5.54 Å². The molecule has 1 atom stereocenters. The quantitative estimate of drug-likeness (QED) is 0.916. The minimum absolute atomic E-state index is 0.0178. The summed E-state index contributed by atoms with van der Waals surface area (Å²) in [6.45, 7) is 0. The van der Waals surface area contributed by atoms with Crippen LogP contribution in [-0.2, 0) is 16.5 Å². The minimum Gasteiger partial charge on any atom is -0.343 e. The van der Waals surface area contributed by atoms with E-state index in [4.69, 9.17) is 0 Å². The van der Waals surface area contributed by atoms with Crippen molar-refractivity contribution >= 4 is 5.91 Å². The Morgan fingerprint density at radius 1 is 1.21 bits per heavy atom. The molecule has 1 unspecified atom stereocenters. The smallest absolute Gasteiger partial charge is 0.343 e. The molecular weight excluding hydrogens is 319 g/mol. The summed E-state index contributed by atoms with van der Waals surface area (Å²) in [6, 6.07) is 0.867. The van der Waals surface area contributed by atoms with Crippen LogP contribution < -0.4 is 5.32 Å². The molecular formula is C17H20F3N3O. The van der Waals surface area contributed by atoms with Gasteiger partial charge in [-0.15, -0.1) is 0 Å². The molecule has 0 aromatic carbocycles. The van der Waals surface area contributed by atoms with Gasteiger partial charge in [-0.3, -0.25) is 4.79 Å². The molecule has 0 aliphatic heterocycles. The molecule has 0 radical (unpaired) electrons. The van der Waals surface area contributed by atoms with E-state index in [1.54, 1.807) is 0 Å². The number of nitrogens with one attached hydrogen (secondary N) is 1. The Kier molecular flexibility index (Phi) is 3.41. The van der Waals surface area contributed by atoms with Gasteiger partial charge < -0.3 is 5.32 Å². The maximum atomic E-state index is 12.9. The number of aromatic nitrogens is 2. The van der Waals surface area contributed by atoms with Crippen molar-refractivity contribution in [2.75, 3.05) is 0 Å². The molecule has 3 fully saturated rings. The molecule has 1 amide bonds. The lowest BCUT2D eigenvalue weighted by Crippen LogP contribution is -2.53. The lowest BCUT2D eigenvalue weighted by molar-refractivity contribution is -0.141. The van der Waals surface area contributed by atoms with Crippen LogP contribution in [0.5, 0.6) is 0 Å². The van der Waals surface area contributed by atoms with Gasteiger partial charge in [0.25, 0.3) is 0 Å². The minimum atomic E-state index is -4.50. The van der Waals surface area contributed by atoms with Crippen molar-refractivity contribution in [1.82, 2.24) is 15.3 Å². The zero-order valence-electron chi connectivity index (χ0n) is 13.3. The van der Waals surface area contributed by atoms with Crippen molar-refractivity contribution in [3.05, 3.63) is 23.8 Å². The maximum Gasteiger partial charge on any atom is 0.433 e. The standard InChI is InChI=1S/C17H20F3N3O/c18-17(19,20)12-3-9-21-14(22-12)16(4-1-5-16)23-13(24)11-2-6-15(10-11)7-8-15/h3,9,11H,1-2,4-8,10H2,(H,23,24). The highest BCUT2D eigenvalue weighted by Gasteiger charge is 2.51. The van der Waals surface area contributed by atoms with Crippen LogP contribution in [0.25, 0.3) is 0 Å². The highest BCUT2D eigenvalue weighted by molar-refractivity contribution is 5.80. The average Bonchev–Trinajstić information content (AvgIpc) is 3.11. The van der Waals surface area contributed by atoms with E-state index in [1.165, 1.54) is 12.8 Å². The van der Waals surface area contributed by atoms with Crippen molar-refractivity contribution in [1.29, 1.82) is 0 Å². The summed E-state index contributed by atoms with van der Waals surface area (Å²) in [5.74, 6) is 0.0336. The Morgan fingerprint density at radius 3 is 2.50 bits per heavy atom. The molecule has 1 spiro atoms. The van der Waals surface area contributed by atoms with Gasteiger partial charge in [0.2, 0.25) is 5.91 Å². The molecule has 1 N–H and O–H groups in total. The van der Waals surface area contributed by atoms with Crippen LogP contribution in [0.1, 0.15) is 62.9 Å². The van der Waals surface area contributed by atoms with Gasteiger partial charge in [-0.05, 0) is 62.8 Å². The number of carbonyl (C=O) groups excluding carboxylic acids is 1. The van der Waals surface area contributed by atoms with E-state index in [9.17, 15) is 18.0 Å². The predicted molar refractivity (Wildman–Crippen MR) is 79.7 cm³/mol. The monoisotopic (exact) mass is 339 g/mol. The molecule has 3 aliphatic carbocycles. The van der Waals surface area contributed by atoms with Gasteiger partial charge in [0.15, 0.2) is 5.82 Å². The van der Waals surface area contributed by atoms with Gasteiger partial charge in [-0.25, -0.2) is 9.97 Å². The molecule has 4 nitrogen and oxygen atoms in total. The molecule has 3 saturated carbocycles. The molecule has 24 heavy (non-hydrogen) atoms. The molecule has 3 aliphatic rings. The first-order valence-electron chi connectivity index (χ1n) is 8.55. The number of hydrogen-bond donors (Lipinski definition) is 1. The largest absolute Gasteiger partial charge is 0.433 e. The molecule has 0 bridgehead atoms. The normalized spacial score (nSPS) is 26.9. The molecule has 7 heteroatoms.